The first-order valence-corrected chi connectivity index (χ1v) is 7.57. The van der Waals surface area contributed by atoms with Crippen molar-refractivity contribution in [3.05, 3.63) is 78.8 Å². The topological polar surface area (TPSA) is 93.8 Å². The molecule has 1 aromatic carbocycles. The number of H-pyrrole nitrogens is 1. The van der Waals surface area contributed by atoms with Crippen molar-refractivity contribution in [1.29, 1.82) is 0 Å². The molecular formula is C15H14N4O2S. The summed E-state index contributed by atoms with van der Waals surface area (Å²) < 4.78 is 1.26. The van der Waals surface area contributed by atoms with Crippen LogP contribution in [0.25, 0.3) is 0 Å². The van der Waals surface area contributed by atoms with Gasteiger partial charge < -0.3 is 5.73 Å². The second-order valence-corrected chi connectivity index (χ2v) is 5.89. The third kappa shape index (κ3) is 3.15. The third-order valence-electron chi connectivity index (χ3n) is 3.19. The van der Waals surface area contributed by atoms with Crippen LogP contribution in [-0.2, 0) is 13.0 Å². The highest BCUT2D eigenvalue weighted by Gasteiger charge is 2.09. The Kier molecular flexibility index (Phi) is 3.88. The molecule has 0 saturated carbocycles. The minimum absolute atomic E-state index is 0.285. The van der Waals surface area contributed by atoms with E-state index in [0.717, 1.165) is 10.4 Å². The Morgan fingerprint density at radius 3 is 2.64 bits per heavy atom. The number of nitrogen functional groups attached to an aromatic ring is 1. The van der Waals surface area contributed by atoms with Crippen molar-refractivity contribution in [3.63, 3.8) is 0 Å². The molecule has 6 nitrogen and oxygen atoms in total. The molecule has 7 heteroatoms. The smallest absolute Gasteiger partial charge is 0.345 e. The van der Waals surface area contributed by atoms with Crippen LogP contribution in [0.5, 0.6) is 0 Å². The van der Waals surface area contributed by atoms with Gasteiger partial charge in [-0.05, 0) is 29.1 Å². The van der Waals surface area contributed by atoms with Gasteiger partial charge in [0.1, 0.15) is 5.69 Å². The SMILES string of the molecule is Nc1ccc(Cn2nc(Cc3cccs3)c(=O)[nH]c2=O)cc1. The average Bonchev–Trinajstić information content (AvgIpc) is 2.99. The van der Waals surface area contributed by atoms with Gasteiger partial charge in [-0.2, -0.15) is 5.10 Å². The number of nitrogens with one attached hydrogen (secondary N) is 1. The van der Waals surface area contributed by atoms with E-state index < -0.39 is 11.2 Å². The largest absolute Gasteiger partial charge is 0.399 e. The Hall–Kier alpha value is -2.67. The molecule has 0 bridgehead atoms. The summed E-state index contributed by atoms with van der Waals surface area (Å²) in [5.74, 6) is 0. The Bertz CT molecular complexity index is 879. The van der Waals surface area contributed by atoms with Crippen molar-refractivity contribution in [1.82, 2.24) is 14.8 Å². The van der Waals surface area contributed by atoms with E-state index in [1.54, 1.807) is 23.5 Å². The first-order valence-electron chi connectivity index (χ1n) is 6.69. The monoisotopic (exact) mass is 314 g/mol. The van der Waals surface area contributed by atoms with Crippen molar-refractivity contribution in [3.8, 4) is 0 Å². The molecule has 2 heterocycles. The fraction of sp³-hybridized carbons (Fsp3) is 0.133. The quantitative estimate of drug-likeness (QED) is 0.708. The second kappa shape index (κ2) is 5.98. The highest BCUT2D eigenvalue weighted by molar-refractivity contribution is 7.09. The van der Waals surface area contributed by atoms with Crippen LogP contribution in [0.4, 0.5) is 5.69 Å². The van der Waals surface area contributed by atoms with Crippen LogP contribution in [0.2, 0.25) is 0 Å². The summed E-state index contributed by atoms with van der Waals surface area (Å²) in [5, 5.41) is 6.14. The maximum atomic E-state index is 11.9. The number of benzene rings is 1. The van der Waals surface area contributed by atoms with E-state index in [2.05, 4.69) is 10.1 Å². The van der Waals surface area contributed by atoms with Crippen molar-refractivity contribution < 1.29 is 0 Å². The van der Waals surface area contributed by atoms with E-state index in [9.17, 15) is 9.59 Å². The summed E-state index contributed by atoms with van der Waals surface area (Å²) in [6, 6.07) is 11.0. The lowest BCUT2D eigenvalue weighted by atomic mass is 10.2. The van der Waals surface area contributed by atoms with Gasteiger partial charge in [-0.15, -0.1) is 11.3 Å². The minimum atomic E-state index is -0.517. The molecule has 3 N–H and O–H groups in total. The van der Waals surface area contributed by atoms with Crippen molar-refractivity contribution in [2.75, 3.05) is 5.73 Å². The molecular weight excluding hydrogens is 300 g/mol. The van der Waals surface area contributed by atoms with Gasteiger partial charge in [0.2, 0.25) is 0 Å². The van der Waals surface area contributed by atoms with Gasteiger partial charge in [0, 0.05) is 17.0 Å². The third-order valence-corrected chi connectivity index (χ3v) is 4.07. The van der Waals surface area contributed by atoms with Crippen molar-refractivity contribution >= 4 is 17.0 Å². The molecule has 22 heavy (non-hydrogen) atoms. The number of nitrogens with zero attached hydrogens (tertiary/aromatic N) is 2. The number of rotatable bonds is 4. The summed E-state index contributed by atoms with van der Waals surface area (Å²) in [7, 11) is 0. The van der Waals surface area contributed by atoms with Crippen molar-refractivity contribution in [2.24, 2.45) is 0 Å². The van der Waals surface area contributed by atoms with Gasteiger partial charge in [-0.25, -0.2) is 9.48 Å². The molecule has 0 aliphatic carbocycles. The Labute approximate surface area is 129 Å². The fourth-order valence-corrected chi connectivity index (χ4v) is 2.78. The van der Waals surface area contributed by atoms with Crippen LogP contribution in [0.3, 0.4) is 0 Å². The van der Waals surface area contributed by atoms with E-state index in [1.807, 2.05) is 29.6 Å². The van der Waals surface area contributed by atoms with E-state index in [4.69, 9.17) is 5.73 Å². The molecule has 0 saturated heterocycles. The molecule has 0 unspecified atom stereocenters. The summed E-state index contributed by atoms with van der Waals surface area (Å²) in [5.41, 5.74) is 6.56. The highest BCUT2D eigenvalue weighted by atomic mass is 32.1. The van der Waals surface area contributed by atoms with Gasteiger partial charge in [0.05, 0.1) is 6.54 Å². The summed E-state index contributed by atoms with van der Waals surface area (Å²) in [6.07, 6.45) is 0.412. The van der Waals surface area contributed by atoms with Crippen LogP contribution in [0.15, 0.2) is 51.4 Å². The van der Waals surface area contributed by atoms with Gasteiger partial charge in [-0.3, -0.25) is 9.78 Å². The number of hydrogen-bond donors (Lipinski definition) is 2. The first-order chi connectivity index (χ1) is 10.6. The summed E-state index contributed by atoms with van der Waals surface area (Å²) >= 11 is 1.55. The lowest BCUT2D eigenvalue weighted by molar-refractivity contribution is 0.590. The summed E-state index contributed by atoms with van der Waals surface area (Å²) in [4.78, 5) is 27.1. The molecule has 0 aliphatic rings. The maximum Gasteiger partial charge on any atom is 0.345 e. The van der Waals surface area contributed by atoms with Crippen LogP contribution in [-0.4, -0.2) is 14.8 Å². The zero-order chi connectivity index (χ0) is 15.5. The summed E-state index contributed by atoms with van der Waals surface area (Å²) in [6.45, 7) is 0.285. The number of nitrogens with two attached hydrogens (primary N) is 1. The van der Waals surface area contributed by atoms with E-state index >= 15 is 0 Å². The number of anilines is 1. The molecule has 0 fully saturated rings. The van der Waals surface area contributed by atoms with Gasteiger partial charge in [-0.1, -0.05) is 18.2 Å². The number of hydrogen-bond acceptors (Lipinski definition) is 5. The molecule has 2 aromatic heterocycles. The number of aromatic nitrogens is 3. The Morgan fingerprint density at radius 1 is 1.18 bits per heavy atom. The molecule has 3 aromatic rings. The molecule has 3 rings (SSSR count). The van der Waals surface area contributed by atoms with Crippen molar-refractivity contribution in [2.45, 2.75) is 13.0 Å². The molecule has 112 valence electrons. The fourth-order valence-electron chi connectivity index (χ4n) is 2.07. The van der Waals surface area contributed by atoms with E-state index in [0.29, 0.717) is 17.8 Å². The van der Waals surface area contributed by atoms with E-state index in [-0.39, 0.29) is 6.54 Å². The minimum Gasteiger partial charge on any atom is -0.399 e. The molecule has 0 spiro atoms. The number of thiophene rings is 1. The highest BCUT2D eigenvalue weighted by Crippen LogP contribution is 2.11. The van der Waals surface area contributed by atoms with Gasteiger partial charge in [0.15, 0.2) is 0 Å². The van der Waals surface area contributed by atoms with Crippen LogP contribution in [0.1, 0.15) is 16.1 Å². The first kappa shape index (κ1) is 14.3. The van der Waals surface area contributed by atoms with Crippen LogP contribution >= 0.6 is 11.3 Å². The maximum absolute atomic E-state index is 11.9. The molecule has 0 aliphatic heterocycles. The lowest BCUT2D eigenvalue weighted by Gasteiger charge is -2.06. The molecule has 0 radical (unpaired) electrons. The van der Waals surface area contributed by atoms with Gasteiger partial charge >= 0.3 is 5.69 Å². The zero-order valence-electron chi connectivity index (χ0n) is 11.7. The predicted octanol–water partition coefficient (Wildman–Crippen LogP) is 1.21. The average molecular weight is 314 g/mol. The molecule has 0 atom stereocenters. The van der Waals surface area contributed by atoms with Gasteiger partial charge in [0.25, 0.3) is 5.56 Å². The lowest BCUT2D eigenvalue weighted by Crippen LogP contribution is -2.35. The predicted molar refractivity (Wildman–Crippen MR) is 86.2 cm³/mol. The zero-order valence-corrected chi connectivity index (χ0v) is 12.5. The van der Waals surface area contributed by atoms with Crippen LogP contribution < -0.4 is 17.0 Å². The normalized spacial score (nSPS) is 10.7. The Morgan fingerprint density at radius 2 is 1.95 bits per heavy atom. The van der Waals surface area contributed by atoms with E-state index in [1.165, 1.54) is 4.68 Å². The van der Waals surface area contributed by atoms with Crippen LogP contribution in [0, 0.1) is 0 Å². The Balaban J connectivity index is 1.92. The second-order valence-electron chi connectivity index (χ2n) is 4.86. The standard InChI is InChI=1S/C15H14N4O2S/c16-11-5-3-10(4-6-11)9-19-15(21)17-14(20)13(18-19)8-12-2-1-7-22-12/h1-7H,8-9,16H2,(H,17,20,21). The number of aromatic amines is 1. The molecule has 0 amide bonds.